The first-order valence-corrected chi connectivity index (χ1v) is 7.39. The van der Waals surface area contributed by atoms with Crippen molar-refractivity contribution in [2.75, 3.05) is 20.7 Å². The van der Waals surface area contributed by atoms with E-state index in [4.69, 9.17) is 9.47 Å². The average Bonchev–Trinajstić information content (AvgIpc) is 2.46. The number of nitrogens with zero attached hydrogens (tertiary/aromatic N) is 1. The van der Waals surface area contributed by atoms with Crippen molar-refractivity contribution in [3.8, 4) is 11.5 Å². The first kappa shape index (κ1) is 19.0. The standard InChI is InChI=1S/C16H24F2N2O3/c1-10(2)23-13-7-6-12(8-14(13)22-5)11(3)19-16(21)20(4)9-15(17)18/h6-8,10-11,15H,9H2,1-5H3,(H,19,21). The summed E-state index contributed by atoms with van der Waals surface area (Å²) in [6, 6.07) is 4.41. The maximum absolute atomic E-state index is 12.3. The van der Waals surface area contributed by atoms with E-state index in [2.05, 4.69) is 5.32 Å². The predicted molar refractivity (Wildman–Crippen MR) is 84.3 cm³/mol. The maximum Gasteiger partial charge on any atom is 0.317 e. The number of ether oxygens (including phenoxy) is 2. The highest BCUT2D eigenvalue weighted by molar-refractivity contribution is 5.74. The molecule has 0 spiro atoms. The molecular weight excluding hydrogens is 306 g/mol. The molecular formula is C16H24F2N2O3. The van der Waals surface area contributed by atoms with E-state index < -0.39 is 19.0 Å². The predicted octanol–water partition coefficient (Wildman–Crippen LogP) is 3.45. The molecule has 0 fully saturated rings. The second-order valence-corrected chi connectivity index (χ2v) is 5.52. The lowest BCUT2D eigenvalue weighted by Crippen LogP contribution is -2.40. The van der Waals surface area contributed by atoms with Gasteiger partial charge in [-0.1, -0.05) is 6.07 Å². The molecule has 0 saturated heterocycles. The summed E-state index contributed by atoms with van der Waals surface area (Å²) in [6.45, 7) is 4.99. The Balaban J connectivity index is 2.80. The van der Waals surface area contributed by atoms with Crippen LogP contribution in [0.1, 0.15) is 32.4 Å². The molecule has 1 unspecified atom stereocenters. The Morgan fingerprint density at radius 3 is 2.43 bits per heavy atom. The fourth-order valence-electron chi connectivity index (χ4n) is 1.97. The molecule has 2 amide bonds. The number of hydrogen-bond donors (Lipinski definition) is 1. The molecule has 5 nitrogen and oxygen atoms in total. The van der Waals surface area contributed by atoms with Gasteiger partial charge in [0.1, 0.15) is 0 Å². The number of carbonyl (C=O) groups excluding carboxylic acids is 1. The SMILES string of the molecule is COc1cc(C(C)NC(=O)N(C)CC(F)F)ccc1OC(C)C. The monoisotopic (exact) mass is 330 g/mol. The third kappa shape index (κ3) is 5.92. The minimum atomic E-state index is -2.56. The number of hydrogen-bond acceptors (Lipinski definition) is 3. The summed E-state index contributed by atoms with van der Waals surface area (Å²) in [5, 5.41) is 2.67. The fraction of sp³-hybridized carbons (Fsp3) is 0.562. The largest absolute Gasteiger partial charge is 0.493 e. The van der Waals surface area contributed by atoms with Gasteiger partial charge in [-0.05, 0) is 38.5 Å². The second-order valence-electron chi connectivity index (χ2n) is 5.52. The zero-order valence-electron chi connectivity index (χ0n) is 14.1. The molecule has 0 saturated carbocycles. The van der Waals surface area contributed by atoms with Crippen molar-refractivity contribution in [2.45, 2.75) is 39.3 Å². The van der Waals surface area contributed by atoms with Gasteiger partial charge in [0.25, 0.3) is 6.43 Å². The summed E-state index contributed by atoms with van der Waals surface area (Å²) in [6.07, 6.45) is -2.55. The van der Waals surface area contributed by atoms with Crippen molar-refractivity contribution < 1.29 is 23.0 Å². The number of urea groups is 1. The molecule has 1 rings (SSSR count). The Morgan fingerprint density at radius 1 is 1.26 bits per heavy atom. The summed E-state index contributed by atoms with van der Waals surface area (Å²) in [5.41, 5.74) is 0.789. The van der Waals surface area contributed by atoms with Gasteiger partial charge in [0.2, 0.25) is 0 Å². The Labute approximate surface area is 135 Å². The van der Waals surface area contributed by atoms with Gasteiger partial charge in [-0.2, -0.15) is 0 Å². The quantitative estimate of drug-likeness (QED) is 0.833. The molecule has 23 heavy (non-hydrogen) atoms. The molecule has 0 aliphatic carbocycles. The van der Waals surface area contributed by atoms with E-state index in [0.717, 1.165) is 10.5 Å². The second kappa shape index (κ2) is 8.55. The maximum atomic E-state index is 12.3. The molecule has 0 aliphatic rings. The molecule has 7 heteroatoms. The number of alkyl halides is 2. The smallest absolute Gasteiger partial charge is 0.317 e. The molecule has 0 radical (unpaired) electrons. The lowest BCUT2D eigenvalue weighted by atomic mass is 10.1. The lowest BCUT2D eigenvalue weighted by molar-refractivity contribution is 0.107. The Morgan fingerprint density at radius 2 is 1.91 bits per heavy atom. The van der Waals surface area contributed by atoms with Gasteiger partial charge in [0, 0.05) is 7.05 Å². The topological polar surface area (TPSA) is 50.8 Å². The van der Waals surface area contributed by atoms with Crippen molar-refractivity contribution in [2.24, 2.45) is 0 Å². The van der Waals surface area contributed by atoms with Crippen LogP contribution in [0.25, 0.3) is 0 Å². The van der Waals surface area contributed by atoms with Crippen LogP contribution in [-0.2, 0) is 0 Å². The van der Waals surface area contributed by atoms with Crippen LogP contribution in [0.3, 0.4) is 0 Å². The summed E-state index contributed by atoms with van der Waals surface area (Å²) in [5.74, 6) is 1.16. The molecule has 0 aliphatic heterocycles. The summed E-state index contributed by atoms with van der Waals surface area (Å²) in [4.78, 5) is 12.8. The van der Waals surface area contributed by atoms with Crippen LogP contribution in [0.2, 0.25) is 0 Å². The van der Waals surface area contributed by atoms with Crippen molar-refractivity contribution in [3.63, 3.8) is 0 Å². The van der Waals surface area contributed by atoms with E-state index in [1.54, 1.807) is 25.1 Å². The molecule has 1 atom stereocenters. The van der Waals surface area contributed by atoms with Crippen LogP contribution in [0, 0.1) is 0 Å². The number of amides is 2. The summed E-state index contributed by atoms with van der Waals surface area (Å²) < 4.78 is 35.5. The van der Waals surface area contributed by atoms with Crippen LogP contribution in [0.15, 0.2) is 18.2 Å². The minimum Gasteiger partial charge on any atom is -0.493 e. The van der Waals surface area contributed by atoms with Gasteiger partial charge in [0.05, 0.1) is 25.8 Å². The molecule has 0 bridgehead atoms. The zero-order chi connectivity index (χ0) is 17.6. The van der Waals surface area contributed by atoms with E-state index in [9.17, 15) is 13.6 Å². The highest BCUT2D eigenvalue weighted by Crippen LogP contribution is 2.31. The van der Waals surface area contributed by atoms with E-state index >= 15 is 0 Å². The third-order valence-electron chi connectivity index (χ3n) is 3.15. The van der Waals surface area contributed by atoms with Gasteiger partial charge in [-0.3, -0.25) is 0 Å². The molecule has 0 heterocycles. The number of benzene rings is 1. The fourth-order valence-corrected chi connectivity index (χ4v) is 1.97. The third-order valence-corrected chi connectivity index (χ3v) is 3.15. The lowest BCUT2D eigenvalue weighted by Gasteiger charge is -2.22. The van der Waals surface area contributed by atoms with Gasteiger partial charge in [0.15, 0.2) is 11.5 Å². The molecule has 0 aromatic heterocycles. The highest BCUT2D eigenvalue weighted by atomic mass is 19.3. The molecule has 1 aromatic rings. The van der Waals surface area contributed by atoms with Crippen molar-refractivity contribution in [1.29, 1.82) is 0 Å². The Hall–Kier alpha value is -2.05. The Bertz CT molecular complexity index is 524. The van der Waals surface area contributed by atoms with Crippen molar-refractivity contribution in [1.82, 2.24) is 10.2 Å². The molecule has 130 valence electrons. The number of carbonyl (C=O) groups is 1. The van der Waals surface area contributed by atoms with Crippen LogP contribution >= 0.6 is 0 Å². The van der Waals surface area contributed by atoms with Gasteiger partial charge >= 0.3 is 6.03 Å². The van der Waals surface area contributed by atoms with Crippen molar-refractivity contribution >= 4 is 6.03 Å². The first-order valence-electron chi connectivity index (χ1n) is 7.39. The van der Waals surface area contributed by atoms with Crippen molar-refractivity contribution in [3.05, 3.63) is 23.8 Å². The number of methoxy groups -OCH3 is 1. The Kier molecular flexibility index (Phi) is 7.06. The first-order chi connectivity index (χ1) is 10.7. The van der Waals surface area contributed by atoms with Crippen LogP contribution in [-0.4, -0.2) is 44.2 Å². The normalized spacial score (nSPS) is 12.2. The van der Waals surface area contributed by atoms with E-state index in [1.807, 2.05) is 13.8 Å². The summed E-state index contributed by atoms with van der Waals surface area (Å²) in [7, 11) is 2.86. The minimum absolute atomic E-state index is 0.00914. The number of rotatable bonds is 7. The van der Waals surface area contributed by atoms with Crippen LogP contribution < -0.4 is 14.8 Å². The summed E-state index contributed by atoms with van der Waals surface area (Å²) >= 11 is 0. The molecule has 1 aromatic carbocycles. The number of nitrogens with one attached hydrogen (secondary N) is 1. The van der Waals surface area contributed by atoms with E-state index in [-0.39, 0.29) is 12.1 Å². The van der Waals surface area contributed by atoms with Gasteiger partial charge < -0.3 is 19.7 Å². The van der Waals surface area contributed by atoms with Gasteiger partial charge in [-0.15, -0.1) is 0 Å². The number of halogens is 2. The zero-order valence-corrected chi connectivity index (χ0v) is 14.1. The van der Waals surface area contributed by atoms with Crippen LogP contribution in [0.5, 0.6) is 11.5 Å². The van der Waals surface area contributed by atoms with E-state index in [0.29, 0.717) is 11.5 Å². The van der Waals surface area contributed by atoms with Gasteiger partial charge in [-0.25, -0.2) is 13.6 Å². The average molecular weight is 330 g/mol. The van der Waals surface area contributed by atoms with E-state index in [1.165, 1.54) is 14.2 Å². The highest BCUT2D eigenvalue weighted by Gasteiger charge is 2.18. The van der Waals surface area contributed by atoms with Crippen LogP contribution in [0.4, 0.5) is 13.6 Å². The molecule has 1 N–H and O–H groups in total.